The molecular weight excluding hydrogens is 364 g/mol. The van der Waals surface area contributed by atoms with E-state index in [2.05, 4.69) is 47.6 Å². The number of aliphatic hydroxyl groups is 1. The molecule has 4 rings (SSSR count). The summed E-state index contributed by atoms with van der Waals surface area (Å²) < 4.78 is 0. The Hall–Kier alpha value is -0.300. The maximum atomic E-state index is 10.2. The highest BCUT2D eigenvalue weighted by molar-refractivity contribution is 5.25. The van der Waals surface area contributed by atoms with Crippen molar-refractivity contribution < 1.29 is 5.11 Å². The summed E-state index contributed by atoms with van der Waals surface area (Å²) in [6.07, 6.45) is 17.1. The van der Waals surface area contributed by atoms with Crippen molar-refractivity contribution in [3.63, 3.8) is 0 Å². The summed E-state index contributed by atoms with van der Waals surface area (Å²) in [5, 5.41) is 10.2. The van der Waals surface area contributed by atoms with Gasteiger partial charge < -0.3 is 5.11 Å². The van der Waals surface area contributed by atoms with Gasteiger partial charge in [-0.15, -0.1) is 0 Å². The van der Waals surface area contributed by atoms with Crippen LogP contribution in [-0.4, -0.2) is 11.2 Å². The molecule has 4 aliphatic rings. The molecule has 1 nitrogen and oxygen atoms in total. The average molecular weight is 415 g/mol. The number of allylic oxidation sites excluding steroid dienone is 1. The SMILES string of the molecule is CC[C@@H](CC[C@@H](C)[C@H]1CC[C@@H]2[C@H]3CC=C4C[C@H](O)CC[C@]4(C)[C@@H]3CC[C@]21C)C(C)C. The second-order valence-corrected chi connectivity index (χ2v) is 12.9. The van der Waals surface area contributed by atoms with Gasteiger partial charge in [-0.1, -0.05) is 66.0 Å². The molecule has 3 fully saturated rings. The third-order valence-corrected chi connectivity index (χ3v) is 11.3. The van der Waals surface area contributed by atoms with Crippen LogP contribution < -0.4 is 0 Å². The van der Waals surface area contributed by atoms with Crippen LogP contribution in [-0.2, 0) is 0 Å². The molecule has 1 heteroatoms. The van der Waals surface area contributed by atoms with Crippen molar-refractivity contribution in [1.82, 2.24) is 0 Å². The molecule has 0 aliphatic heterocycles. The van der Waals surface area contributed by atoms with Crippen molar-refractivity contribution in [3.05, 3.63) is 11.6 Å². The molecule has 0 aromatic carbocycles. The number of hydrogen-bond donors (Lipinski definition) is 1. The maximum Gasteiger partial charge on any atom is 0.0577 e. The van der Waals surface area contributed by atoms with Gasteiger partial charge in [0.2, 0.25) is 0 Å². The fourth-order valence-electron chi connectivity index (χ4n) is 9.30. The Balaban J connectivity index is 1.47. The molecule has 0 aromatic heterocycles. The van der Waals surface area contributed by atoms with Gasteiger partial charge in [-0.05, 0) is 110 Å². The summed E-state index contributed by atoms with van der Waals surface area (Å²) in [7, 11) is 0. The highest BCUT2D eigenvalue weighted by atomic mass is 16.3. The van der Waals surface area contributed by atoms with Crippen LogP contribution in [0.1, 0.15) is 112 Å². The Morgan fingerprint density at radius 2 is 1.77 bits per heavy atom. The van der Waals surface area contributed by atoms with Gasteiger partial charge in [-0.25, -0.2) is 0 Å². The molecular formula is C29H50O. The van der Waals surface area contributed by atoms with Crippen LogP contribution >= 0.6 is 0 Å². The molecule has 0 bridgehead atoms. The van der Waals surface area contributed by atoms with Crippen molar-refractivity contribution >= 4 is 0 Å². The second kappa shape index (κ2) is 8.57. The zero-order valence-corrected chi connectivity index (χ0v) is 20.9. The summed E-state index contributed by atoms with van der Waals surface area (Å²) in [5.74, 6) is 6.31. The van der Waals surface area contributed by atoms with Crippen molar-refractivity contribution in [1.29, 1.82) is 0 Å². The zero-order valence-electron chi connectivity index (χ0n) is 20.9. The van der Waals surface area contributed by atoms with Gasteiger partial charge in [0.15, 0.2) is 0 Å². The van der Waals surface area contributed by atoms with Crippen LogP contribution in [0.4, 0.5) is 0 Å². The summed E-state index contributed by atoms with van der Waals surface area (Å²) in [6, 6.07) is 0. The van der Waals surface area contributed by atoms with E-state index in [0.717, 1.165) is 54.3 Å². The summed E-state index contributed by atoms with van der Waals surface area (Å²) in [6.45, 7) is 15.1. The maximum absolute atomic E-state index is 10.2. The predicted molar refractivity (Wildman–Crippen MR) is 128 cm³/mol. The lowest BCUT2D eigenvalue weighted by atomic mass is 9.47. The van der Waals surface area contributed by atoms with Crippen LogP contribution in [0.15, 0.2) is 11.6 Å². The number of fused-ring (bicyclic) bond motifs is 5. The van der Waals surface area contributed by atoms with E-state index in [4.69, 9.17) is 0 Å². The molecule has 0 saturated heterocycles. The van der Waals surface area contributed by atoms with Gasteiger partial charge in [0, 0.05) is 0 Å². The van der Waals surface area contributed by atoms with Gasteiger partial charge >= 0.3 is 0 Å². The molecule has 9 atom stereocenters. The fourth-order valence-corrected chi connectivity index (χ4v) is 9.30. The van der Waals surface area contributed by atoms with Gasteiger partial charge in [-0.2, -0.15) is 0 Å². The smallest absolute Gasteiger partial charge is 0.0577 e. The first-order chi connectivity index (χ1) is 14.2. The third-order valence-electron chi connectivity index (χ3n) is 11.3. The van der Waals surface area contributed by atoms with Crippen molar-refractivity contribution in [2.24, 2.45) is 52.3 Å². The molecule has 30 heavy (non-hydrogen) atoms. The normalized spacial score (nSPS) is 45.3. The zero-order chi connectivity index (χ0) is 21.7. The molecule has 3 saturated carbocycles. The quantitative estimate of drug-likeness (QED) is 0.436. The lowest BCUT2D eigenvalue weighted by Gasteiger charge is -2.58. The van der Waals surface area contributed by atoms with E-state index >= 15 is 0 Å². The Bertz CT molecular complexity index is 634. The Morgan fingerprint density at radius 3 is 2.47 bits per heavy atom. The summed E-state index contributed by atoms with van der Waals surface area (Å²) in [5.41, 5.74) is 2.59. The largest absolute Gasteiger partial charge is 0.393 e. The van der Waals surface area contributed by atoms with Gasteiger partial charge in [0.05, 0.1) is 6.10 Å². The third kappa shape index (κ3) is 3.74. The Kier molecular flexibility index (Phi) is 6.53. The van der Waals surface area contributed by atoms with E-state index in [1.54, 1.807) is 5.57 Å². The lowest BCUT2D eigenvalue weighted by Crippen LogP contribution is -2.50. The van der Waals surface area contributed by atoms with E-state index in [1.165, 1.54) is 57.8 Å². The molecule has 4 aliphatic carbocycles. The van der Waals surface area contributed by atoms with Crippen molar-refractivity contribution in [2.45, 2.75) is 118 Å². The molecule has 0 aromatic rings. The average Bonchev–Trinajstić information content (AvgIpc) is 3.06. The molecule has 0 radical (unpaired) electrons. The van der Waals surface area contributed by atoms with Crippen molar-refractivity contribution in [3.8, 4) is 0 Å². The number of aliphatic hydroxyl groups excluding tert-OH is 1. The highest BCUT2D eigenvalue weighted by Gasteiger charge is 2.59. The van der Waals surface area contributed by atoms with E-state index in [0.29, 0.717) is 10.8 Å². The molecule has 0 heterocycles. The predicted octanol–water partition coefficient (Wildman–Crippen LogP) is 8.02. The highest BCUT2D eigenvalue weighted by Crippen LogP contribution is 2.67. The molecule has 172 valence electrons. The fraction of sp³-hybridized carbons (Fsp3) is 0.931. The van der Waals surface area contributed by atoms with Crippen molar-refractivity contribution in [2.75, 3.05) is 0 Å². The summed E-state index contributed by atoms with van der Waals surface area (Å²) >= 11 is 0. The Morgan fingerprint density at radius 1 is 1.00 bits per heavy atom. The van der Waals surface area contributed by atoms with Gasteiger partial charge in [0.1, 0.15) is 0 Å². The van der Waals surface area contributed by atoms with E-state index in [1.807, 2.05) is 0 Å². The van der Waals surface area contributed by atoms with Crippen LogP contribution in [0.5, 0.6) is 0 Å². The topological polar surface area (TPSA) is 20.2 Å². The van der Waals surface area contributed by atoms with Crippen LogP contribution in [0.25, 0.3) is 0 Å². The first kappa shape index (κ1) is 22.9. The molecule has 0 spiro atoms. The number of rotatable bonds is 6. The van der Waals surface area contributed by atoms with Crippen LogP contribution in [0, 0.1) is 52.3 Å². The first-order valence-electron chi connectivity index (χ1n) is 13.6. The molecule has 0 amide bonds. The second-order valence-electron chi connectivity index (χ2n) is 12.9. The standard InChI is InChI=1S/C29H50O/c1-7-21(19(2)3)9-8-20(4)25-12-13-26-24-11-10-22-18-23(30)14-16-28(22,5)27(24)15-17-29(25,26)6/h10,19-21,23-27,30H,7-9,11-18H2,1-6H3/t20-,21+,23-,24-,25-,26-,27-,28+,29+/m1/s1. The lowest BCUT2D eigenvalue weighted by molar-refractivity contribution is -0.0575. The molecule has 1 N–H and O–H groups in total. The van der Waals surface area contributed by atoms with Crippen LogP contribution in [0.3, 0.4) is 0 Å². The minimum Gasteiger partial charge on any atom is -0.393 e. The number of hydrogen-bond acceptors (Lipinski definition) is 1. The van der Waals surface area contributed by atoms with E-state index in [9.17, 15) is 5.11 Å². The summed E-state index contributed by atoms with van der Waals surface area (Å²) in [4.78, 5) is 0. The van der Waals surface area contributed by atoms with Crippen LogP contribution in [0.2, 0.25) is 0 Å². The molecule has 0 unspecified atom stereocenters. The minimum absolute atomic E-state index is 0.0794. The monoisotopic (exact) mass is 414 g/mol. The van der Waals surface area contributed by atoms with E-state index in [-0.39, 0.29) is 6.10 Å². The minimum atomic E-state index is -0.0794. The Labute approximate surface area is 187 Å². The first-order valence-corrected chi connectivity index (χ1v) is 13.6. The van der Waals surface area contributed by atoms with E-state index < -0.39 is 0 Å². The van der Waals surface area contributed by atoms with Gasteiger partial charge in [0.25, 0.3) is 0 Å². The van der Waals surface area contributed by atoms with Gasteiger partial charge in [-0.3, -0.25) is 0 Å².